The first-order valence-electron chi connectivity index (χ1n) is 6.10. The third kappa shape index (κ3) is 3.82. The SMILES string of the molecule is CCOC(=O)C(C)NC1CCC(CC)C1. The van der Waals surface area contributed by atoms with Crippen molar-refractivity contribution in [2.24, 2.45) is 5.92 Å². The van der Waals surface area contributed by atoms with Crippen LogP contribution in [0.4, 0.5) is 0 Å². The summed E-state index contributed by atoms with van der Waals surface area (Å²) in [6, 6.07) is 0.347. The van der Waals surface area contributed by atoms with Gasteiger partial charge in [-0.05, 0) is 39.0 Å². The Hall–Kier alpha value is -0.570. The molecule has 0 radical (unpaired) electrons. The Kier molecular flexibility index (Phi) is 5.09. The van der Waals surface area contributed by atoms with Crippen molar-refractivity contribution in [3.63, 3.8) is 0 Å². The summed E-state index contributed by atoms with van der Waals surface area (Å²) < 4.78 is 4.97. The van der Waals surface area contributed by atoms with E-state index in [1.54, 1.807) is 0 Å². The van der Waals surface area contributed by atoms with E-state index < -0.39 is 0 Å². The zero-order valence-electron chi connectivity index (χ0n) is 10.1. The fourth-order valence-electron chi connectivity index (χ4n) is 2.29. The second kappa shape index (κ2) is 6.11. The lowest BCUT2D eigenvalue weighted by molar-refractivity contribution is -0.145. The highest BCUT2D eigenvalue weighted by atomic mass is 16.5. The van der Waals surface area contributed by atoms with E-state index in [-0.39, 0.29) is 12.0 Å². The topological polar surface area (TPSA) is 38.3 Å². The Morgan fingerprint density at radius 1 is 1.47 bits per heavy atom. The van der Waals surface area contributed by atoms with E-state index >= 15 is 0 Å². The molecule has 1 aliphatic carbocycles. The summed E-state index contributed by atoms with van der Waals surface area (Å²) in [5.74, 6) is 0.717. The van der Waals surface area contributed by atoms with Crippen LogP contribution in [0.2, 0.25) is 0 Å². The smallest absolute Gasteiger partial charge is 0.322 e. The molecule has 1 fully saturated rings. The summed E-state index contributed by atoms with van der Waals surface area (Å²) in [5, 5.41) is 3.35. The maximum atomic E-state index is 11.4. The first-order chi connectivity index (χ1) is 7.17. The number of carbonyl (C=O) groups is 1. The minimum absolute atomic E-state index is 0.127. The molecule has 1 saturated carbocycles. The molecule has 1 aliphatic rings. The average Bonchev–Trinajstić information content (AvgIpc) is 2.66. The number of esters is 1. The third-order valence-electron chi connectivity index (χ3n) is 3.24. The largest absolute Gasteiger partial charge is 0.465 e. The van der Waals surface area contributed by atoms with Gasteiger partial charge < -0.3 is 10.1 Å². The number of carbonyl (C=O) groups excluding carboxylic acids is 1. The number of hydrogen-bond donors (Lipinski definition) is 1. The van der Waals surface area contributed by atoms with Crippen LogP contribution in [0.1, 0.15) is 46.5 Å². The number of nitrogens with one attached hydrogen (secondary N) is 1. The normalized spacial score (nSPS) is 27.7. The Morgan fingerprint density at radius 3 is 2.73 bits per heavy atom. The number of ether oxygens (including phenoxy) is 1. The summed E-state index contributed by atoms with van der Waals surface area (Å²) in [7, 11) is 0. The molecule has 3 heteroatoms. The summed E-state index contributed by atoms with van der Waals surface area (Å²) in [6.45, 7) is 6.43. The molecule has 0 aromatic heterocycles. The highest BCUT2D eigenvalue weighted by Gasteiger charge is 2.26. The fourth-order valence-corrected chi connectivity index (χ4v) is 2.29. The van der Waals surface area contributed by atoms with Crippen LogP contribution in [-0.4, -0.2) is 24.7 Å². The molecule has 88 valence electrons. The van der Waals surface area contributed by atoms with E-state index in [0.29, 0.717) is 12.6 Å². The molecular formula is C12H23NO2. The molecule has 0 saturated heterocycles. The van der Waals surface area contributed by atoms with Gasteiger partial charge >= 0.3 is 5.97 Å². The van der Waals surface area contributed by atoms with Gasteiger partial charge in [-0.2, -0.15) is 0 Å². The van der Waals surface area contributed by atoms with Crippen LogP contribution >= 0.6 is 0 Å². The Morgan fingerprint density at radius 2 is 2.20 bits per heavy atom. The molecule has 0 aliphatic heterocycles. The summed E-state index contributed by atoms with van der Waals surface area (Å²) >= 11 is 0. The number of rotatable bonds is 5. The Balaban J connectivity index is 2.26. The molecule has 1 rings (SSSR count). The quantitative estimate of drug-likeness (QED) is 0.711. The molecule has 0 heterocycles. The first kappa shape index (κ1) is 12.5. The molecule has 0 spiro atoms. The van der Waals surface area contributed by atoms with Crippen molar-refractivity contribution in [3.05, 3.63) is 0 Å². The second-order valence-electron chi connectivity index (χ2n) is 4.42. The Bertz CT molecular complexity index is 206. The zero-order valence-corrected chi connectivity index (χ0v) is 10.1. The van der Waals surface area contributed by atoms with Gasteiger partial charge in [-0.15, -0.1) is 0 Å². The van der Waals surface area contributed by atoms with Crippen LogP contribution in [0.25, 0.3) is 0 Å². The van der Waals surface area contributed by atoms with Crippen LogP contribution in [0.15, 0.2) is 0 Å². The van der Waals surface area contributed by atoms with Gasteiger partial charge in [-0.3, -0.25) is 4.79 Å². The van der Waals surface area contributed by atoms with Crippen molar-refractivity contribution in [3.8, 4) is 0 Å². The average molecular weight is 213 g/mol. The summed E-state index contributed by atoms with van der Waals surface area (Å²) in [5.41, 5.74) is 0. The van der Waals surface area contributed by atoms with Gasteiger partial charge in [0, 0.05) is 6.04 Å². The van der Waals surface area contributed by atoms with Crippen molar-refractivity contribution in [2.45, 2.75) is 58.5 Å². The lowest BCUT2D eigenvalue weighted by Gasteiger charge is -2.18. The summed E-state index contributed by atoms with van der Waals surface area (Å²) in [6.07, 6.45) is 4.96. The van der Waals surface area contributed by atoms with Gasteiger partial charge in [0.1, 0.15) is 6.04 Å². The van der Waals surface area contributed by atoms with Crippen molar-refractivity contribution < 1.29 is 9.53 Å². The van der Waals surface area contributed by atoms with Crippen LogP contribution in [0.3, 0.4) is 0 Å². The van der Waals surface area contributed by atoms with E-state index in [9.17, 15) is 4.79 Å². The molecular weight excluding hydrogens is 190 g/mol. The number of hydrogen-bond acceptors (Lipinski definition) is 3. The van der Waals surface area contributed by atoms with Gasteiger partial charge in [-0.1, -0.05) is 13.3 Å². The Labute approximate surface area is 92.6 Å². The monoisotopic (exact) mass is 213 g/mol. The minimum atomic E-state index is -0.162. The predicted molar refractivity (Wildman–Crippen MR) is 60.7 cm³/mol. The molecule has 0 bridgehead atoms. The van der Waals surface area contributed by atoms with E-state index in [2.05, 4.69) is 12.2 Å². The zero-order chi connectivity index (χ0) is 11.3. The van der Waals surface area contributed by atoms with Gasteiger partial charge in [0.15, 0.2) is 0 Å². The molecule has 3 nitrogen and oxygen atoms in total. The van der Waals surface area contributed by atoms with Crippen molar-refractivity contribution in [1.29, 1.82) is 0 Å². The first-order valence-corrected chi connectivity index (χ1v) is 6.10. The maximum absolute atomic E-state index is 11.4. The van der Waals surface area contributed by atoms with Gasteiger partial charge in [0.2, 0.25) is 0 Å². The van der Waals surface area contributed by atoms with Crippen LogP contribution in [0, 0.1) is 5.92 Å². The molecule has 3 unspecified atom stereocenters. The molecule has 0 amide bonds. The molecule has 0 aromatic carbocycles. The standard InChI is InChI=1S/C12H23NO2/c1-4-10-6-7-11(8-10)13-9(3)12(14)15-5-2/h9-11,13H,4-8H2,1-3H3. The third-order valence-corrected chi connectivity index (χ3v) is 3.24. The molecule has 1 N–H and O–H groups in total. The van der Waals surface area contributed by atoms with E-state index in [1.807, 2.05) is 13.8 Å². The van der Waals surface area contributed by atoms with Gasteiger partial charge in [-0.25, -0.2) is 0 Å². The molecule has 3 atom stereocenters. The van der Waals surface area contributed by atoms with Crippen LogP contribution < -0.4 is 5.32 Å². The van der Waals surface area contributed by atoms with Crippen LogP contribution in [-0.2, 0) is 9.53 Å². The van der Waals surface area contributed by atoms with Crippen molar-refractivity contribution >= 4 is 5.97 Å². The molecule has 0 aromatic rings. The van der Waals surface area contributed by atoms with Crippen molar-refractivity contribution in [1.82, 2.24) is 5.32 Å². The highest BCUT2D eigenvalue weighted by Crippen LogP contribution is 2.28. The fraction of sp³-hybridized carbons (Fsp3) is 0.917. The van der Waals surface area contributed by atoms with E-state index in [1.165, 1.54) is 25.7 Å². The summed E-state index contributed by atoms with van der Waals surface area (Å²) in [4.78, 5) is 11.4. The van der Waals surface area contributed by atoms with Gasteiger partial charge in [0.05, 0.1) is 6.61 Å². The lowest BCUT2D eigenvalue weighted by atomic mass is 10.1. The van der Waals surface area contributed by atoms with Crippen LogP contribution in [0.5, 0.6) is 0 Å². The van der Waals surface area contributed by atoms with Crippen molar-refractivity contribution in [2.75, 3.05) is 6.61 Å². The minimum Gasteiger partial charge on any atom is -0.465 e. The molecule has 15 heavy (non-hydrogen) atoms. The van der Waals surface area contributed by atoms with E-state index in [4.69, 9.17) is 4.74 Å². The van der Waals surface area contributed by atoms with Gasteiger partial charge in [0.25, 0.3) is 0 Å². The van der Waals surface area contributed by atoms with E-state index in [0.717, 1.165) is 5.92 Å². The predicted octanol–water partition coefficient (Wildman–Crippen LogP) is 2.11. The second-order valence-corrected chi connectivity index (χ2v) is 4.42. The maximum Gasteiger partial charge on any atom is 0.322 e. The lowest BCUT2D eigenvalue weighted by Crippen LogP contribution is -2.41. The highest BCUT2D eigenvalue weighted by molar-refractivity contribution is 5.75.